The third kappa shape index (κ3) is 4.41. The Morgan fingerprint density at radius 2 is 2.05 bits per heavy atom. The Balaban J connectivity index is 1.83. The van der Waals surface area contributed by atoms with E-state index in [0.29, 0.717) is 32.5 Å². The number of rotatable bonds is 4. The van der Waals surface area contributed by atoms with Crippen LogP contribution >= 0.6 is 22.6 Å². The van der Waals surface area contributed by atoms with Crippen molar-refractivity contribution in [3.8, 4) is 0 Å². The van der Waals surface area contributed by atoms with Crippen LogP contribution in [0.4, 0.5) is 5.69 Å². The summed E-state index contributed by atoms with van der Waals surface area (Å²) >= 11 is 2.20. The number of nitrogens with one attached hydrogen (secondary N) is 1. The Labute approximate surface area is 137 Å². The number of anilines is 1. The van der Waals surface area contributed by atoms with Crippen LogP contribution in [0.5, 0.6) is 0 Å². The standard InChI is InChI=1S/C15H19IN2O3/c1-15(14(20)21)5-7-18(8-6-15)10-13(19)17-12-4-2-3-11(16)9-12/h2-4,9H,5-8,10H2,1H3,(H,17,19)(H,20,21). The van der Waals surface area contributed by atoms with Crippen LogP contribution in [-0.4, -0.2) is 41.5 Å². The van der Waals surface area contributed by atoms with E-state index in [1.54, 1.807) is 6.92 Å². The van der Waals surface area contributed by atoms with Gasteiger partial charge in [-0.2, -0.15) is 0 Å². The first-order valence-corrected chi connectivity index (χ1v) is 7.98. The van der Waals surface area contributed by atoms with Crippen LogP contribution in [0.25, 0.3) is 0 Å². The number of carbonyl (C=O) groups is 2. The molecule has 1 aliphatic rings. The summed E-state index contributed by atoms with van der Waals surface area (Å²) in [6.45, 7) is 3.37. The number of likely N-dealkylation sites (tertiary alicyclic amines) is 1. The van der Waals surface area contributed by atoms with E-state index in [1.807, 2.05) is 29.2 Å². The molecule has 6 heteroatoms. The molecule has 1 fully saturated rings. The van der Waals surface area contributed by atoms with Crippen molar-refractivity contribution in [1.29, 1.82) is 0 Å². The molecule has 21 heavy (non-hydrogen) atoms. The van der Waals surface area contributed by atoms with Crippen LogP contribution in [0.15, 0.2) is 24.3 Å². The molecule has 0 unspecified atom stereocenters. The average Bonchev–Trinajstić information content (AvgIpc) is 2.41. The van der Waals surface area contributed by atoms with E-state index < -0.39 is 11.4 Å². The fourth-order valence-corrected chi connectivity index (χ4v) is 2.93. The molecule has 0 atom stereocenters. The van der Waals surface area contributed by atoms with Gasteiger partial charge in [0, 0.05) is 9.26 Å². The summed E-state index contributed by atoms with van der Waals surface area (Å²) in [7, 11) is 0. The number of benzene rings is 1. The minimum absolute atomic E-state index is 0.0593. The van der Waals surface area contributed by atoms with Gasteiger partial charge in [0.1, 0.15) is 0 Å². The average molecular weight is 402 g/mol. The number of piperidine rings is 1. The molecule has 0 bridgehead atoms. The lowest BCUT2D eigenvalue weighted by molar-refractivity contribution is -0.150. The van der Waals surface area contributed by atoms with E-state index in [1.165, 1.54) is 0 Å². The highest BCUT2D eigenvalue weighted by Gasteiger charge is 2.37. The van der Waals surface area contributed by atoms with Gasteiger partial charge in [-0.05, 0) is 73.6 Å². The van der Waals surface area contributed by atoms with E-state index in [-0.39, 0.29) is 5.91 Å². The van der Waals surface area contributed by atoms with Crippen molar-refractivity contribution in [1.82, 2.24) is 4.90 Å². The zero-order valence-corrected chi connectivity index (χ0v) is 14.1. The largest absolute Gasteiger partial charge is 0.481 e. The highest BCUT2D eigenvalue weighted by molar-refractivity contribution is 14.1. The number of hydrogen-bond acceptors (Lipinski definition) is 3. The van der Waals surface area contributed by atoms with E-state index in [0.717, 1.165) is 9.26 Å². The third-order valence-corrected chi connectivity index (χ3v) is 4.62. The number of carboxylic acids is 1. The second-order valence-electron chi connectivity index (χ2n) is 5.70. The molecule has 1 aliphatic heterocycles. The summed E-state index contributed by atoms with van der Waals surface area (Å²) in [6, 6.07) is 7.64. The van der Waals surface area contributed by atoms with Gasteiger partial charge in [0.15, 0.2) is 0 Å². The molecular formula is C15H19IN2O3. The van der Waals surface area contributed by atoms with E-state index in [9.17, 15) is 14.7 Å². The SMILES string of the molecule is CC1(C(=O)O)CCN(CC(=O)Nc2cccc(I)c2)CC1. The summed E-state index contributed by atoms with van der Waals surface area (Å²) in [5, 5.41) is 12.1. The second-order valence-corrected chi connectivity index (χ2v) is 6.95. The lowest BCUT2D eigenvalue weighted by Gasteiger charge is -2.35. The lowest BCUT2D eigenvalue weighted by Crippen LogP contribution is -2.45. The molecule has 0 aliphatic carbocycles. The van der Waals surface area contributed by atoms with Gasteiger partial charge in [-0.3, -0.25) is 14.5 Å². The Bertz CT molecular complexity index is 539. The number of aliphatic carboxylic acids is 1. The van der Waals surface area contributed by atoms with Crippen LogP contribution in [-0.2, 0) is 9.59 Å². The van der Waals surface area contributed by atoms with Gasteiger partial charge in [-0.1, -0.05) is 6.07 Å². The Morgan fingerprint density at radius 3 is 2.62 bits per heavy atom. The molecule has 2 rings (SSSR count). The summed E-state index contributed by atoms with van der Waals surface area (Å²) in [4.78, 5) is 25.2. The van der Waals surface area contributed by atoms with Gasteiger partial charge in [0.25, 0.3) is 0 Å². The molecule has 114 valence electrons. The number of carboxylic acid groups (broad SMARTS) is 1. The number of carbonyl (C=O) groups excluding carboxylic acids is 1. The maximum absolute atomic E-state index is 12.0. The number of halogens is 1. The maximum atomic E-state index is 12.0. The summed E-state index contributed by atoms with van der Waals surface area (Å²) in [5.41, 5.74) is 0.141. The topological polar surface area (TPSA) is 69.6 Å². The quantitative estimate of drug-likeness (QED) is 0.760. The minimum atomic E-state index is -0.745. The first-order valence-electron chi connectivity index (χ1n) is 6.90. The van der Waals surface area contributed by atoms with E-state index >= 15 is 0 Å². The molecule has 1 aromatic rings. The zero-order chi connectivity index (χ0) is 15.5. The molecule has 0 saturated carbocycles. The van der Waals surface area contributed by atoms with E-state index in [2.05, 4.69) is 27.9 Å². The van der Waals surface area contributed by atoms with E-state index in [4.69, 9.17) is 0 Å². The molecule has 1 saturated heterocycles. The van der Waals surface area contributed by atoms with Crippen molar-refractivity contribution in [3.63, 3.8) is 0 Å². The van der Waals surface area contributed by atoms with Crippen molar-refractivity contribution >= 4 is 40.2 Å². The monoisotopic (exact) mass is 402 g/mol. The van der Waals surface area contributed by atoms with Crippen LogP contribution in [0.1, 0.15) is 19.8 Å². The highest BCUT2D eigenvalue weighted by Crippen LogP contribution is 2.30. The third-order valence-electron chi connectivity index (χ3n) is 3.95. The summed E-state index contributed by atoms with van der Waals surface area (Å²) in [5.74, 6) is -0.804. The molecule has 1 amide bonds. The van der Waals surface area contributed by atoms with Crippen LogP contribution < -0.4 is 5.32 Å². The van der Waals surface area contributed by atoms with Gasteiger partial charge < -0.3 is 10.4 Å². The van der Waals surface area contributed by atoms with Crippen molar-refractivity contribution in [2.45, 2.75) is 19.8 Å². The van der Waals surface area contributed by atoms with Crippen LogP contribution in [0.2, 0.25) is 0 Å². The highest BCUT2D eigenvalue weighted by atomic mass is 127. The molecule has 0 spiro atoms. The molecule has 1 heterocycles. The van der Waals surface area contributed by atoms with Gasteiger partial charge >= 0.3 is 5.97 Å². The molecular weight excluding hydrogens is 383 g/mol. The number of hydrogen-bond donors (Lipinski definition) is 2. The zero-order valence-electron chi connectivity index (χ0n) is 11.9. The van der Waals surface area contributed by atoms with Gasteiger partial charge in [0.2, 0.25) is 5.91 Å². The summed E-state index contributed by atoms with van der Waals surface area (Å²) < 4.78 is 1.07. The first kappa shape index (κ1) is 16.2. The van der Waals surface area contributed by atoms with Crippen LogP contribution in [0, 0.1) is 8.99 Å². The van der Waals surface area contributed by atoms with Crippen molar-refractivity contribution in [2.24, 2.45) is 5.41 Å². The molecule has 5 nitrogen and oxygen atoms in total. The summed E-state index contributed by atoms with van der Waals surface area (Å²) in [6.07, 6.45) is 1.16. The number of amides is 1. The molecule has 2 N–H and O–H groups in total. The van der Waals surface area contributed by atoms with Crippen molar-refractivity contribution in [3.05, 3.63) is 27.8 Å². The molecule has 1 aromatic carbocycles. The van der Waals surface area contributed by atoms with Crippen molar-refractivity contribution < 1.29 is 14.7 Å². The second kappa shape index (κ2) is 6.74. The normalized spacial score (nSPS) is 18.2. The van der Waals surface area contributed by atoms with Gasteiger partial charge in [-0.25, -0.2) is 0 Å². The van der Waals surface area contributed by atoms with Crippen molar-refractivity contribution in [2.75, 3.05) is 25.0 Å². The van der Waals surface area contributed by atoms with Gasteiger partial charge in [0.05, 0.1) is 12.0 Å². The minimum Gasteiger partial charge on any atom is -0.481 e. The predicted octanol–water partition coefficient (Wildman–Crippen LogP) is 2.42. The smallest absolute Gasteiger partial charge is 0.309 e. The lowest BCUT2D eigenvalue weighted by atomic mass is 9.80. The fourth-order valence-electron chi connectivity index (χ4n) is 2.39. The van der Waals surface area contributed by atoms with Crippen LogP contribution in [0.3, 0.4) is 0 Å². The maximum Gasteiger partial charge on any atom is 0.309 e. The Kier molecular flexibility index (Phi) is 5.21. The number of nitrogens with zero attached hydrogens (tertiary/aromatic N) is 1. The molecule has 0 radical (unpaired) electrons. The fraction of sp³-hybridized carbons (Fsp3) is 0.467. The Hall–Kier alpha value is -1.15. The Morgan fingerprint density at radius 1 is 1.38 bits per heavy atom. The first-order chi connectivity index (χ1) is 9.89. The molecule has 0 aromatic heterocycles. The predicted molar refractivity (Wildman–Crippen MR) is 89.2 cm³/mol. The van der Waals surface area contributed by atoms with Gasteiger partial charge in [-0.15, -0.1) is 0 Å².